The number of hydrogen-bond acceptors (Lipinski definition) is 4. The van der Waals surface area contributed by atoms with Crippen LogP contribution in [0.15, 0.2) is 24.3 Å². The van der Waals surface area contributed by atoms with E-state index >= 15 is 0 Å². The highest BCUT2D eigenvalue weighted by atomic mass is 16.5. The van der Waals surface area contributed by atoms with Crippen LogP contribution in [-0.4, -0.2) is 26.7 Å². The molecule has 126 valence electrons. The average molecular weight is 317 g/mol. The number of aliphatic hydroxyl groups is 1. The van der Waals surface area contributed by atoms with Gasteiger partial charge >= 0.3 is 0 Å². The number of ether oxygens (including phenoxy) is 1. The molecule has 1 aromatic heterocycles. The fourth-order valence-corrected chi connectivity index (χ4v) is 2.79. The maximum atomic E-state index is 9.47. The highest BCUT2D eigenvalue weighted by Gasteiger charge is 2.19. The Kier molecular flexibility index (Phi) is 6.59. The van der Waals surface area contributed by atoms with E-state index in [2.05, 4.69) is 31.1 Å². The summed E-state index contributed by atoms with van der Waals surface area (Å²) in [5, 5.41) is 17.8. The Morgan fingerprint density at radius 1 is 1.17 bits per heavy atom. The molecule has 0 spiro atoms. The number of aryl methyl sites for hydroxylation is 2. The molecule has 0 aliphatic heterocycles. The molecule has 2 aromatic rings. The van der Waals surface area contributed by atoms with Gasteiger partial charge < -0.3 is 9.84 Å². The van der Waals surface area contributed by atoms with Crippen molar-refractivity contribution in [2.24, 2.45) is 0 Å². The molecule has 0 unspecified atom stereocenters. The summed E-state index contributed by atoms with van der Waals surface area (Å²) in [5.41, 5.74) is 3.01. The Bertz CT molecular complexity index is 589. The number of benzene rings is 1. The standard InChI is InChI=1S/C18H27N3O2/c1-4-15(5-2)18-17(13-22)19-20-21(18)11-6-12-23-16-9-7-14(3)8-10-16/h7-10,15,22H,4-6,11-13H2,1-3H3. The van der Waals surface area contributed by atoms with E-state index in [-0.39, 0.29) is 6.61 Å². The third kappa shape index (κ3) is 4.55. The molecule has 1 aromatic carbocycles. The van der Waals surface area contributed by atoms with Gasteiger partial charge in [-0.2, -0.15) is 0 Å². The minimum Gasteiger partial charge on any atom is -0.494 e. The monoisotopic (exact) mass is 317 g/mol. The Hall–Kier alpha value is -1.88. The summed E-state index contributed by atoms with van der Waals surface area (Å²) in [5.74, 6) is 1.29. The van der Waals surface area contributed by atoms with E-state index in [1.807, 2.05) is 28.9 Å². The van der Waals surface area contributed by atoms with Gasteiger partial charge in [-0.1, -0.05) is 36.8 Å². The number of hydrogen-bond donors (Lipinski definition) is 1. The summed E-state index contributed by atoms with van der Waals surface area (Å²) in [6.07, 6.45) is 2.91. The minimum absolute atomic E-state index is 0.0499. The molecular formula is C18H27N3O2. The molecule has 0 bridgehead atoms. The van der Waals surface area contributed by atoms with Crippen LogP contribution < -0.4 is 4.74 Å². The number of aliphatic hydroxyl groups excluding tert-OH is 1. The SMILES string of the molecule is CCC(CC)c1c(CO)nnn1CCCOc1ccc(C)cc1. The summed E-state index contributed by atoms with van der Waals surface area (Å²) >= 11 is 0. The molecule has 1 heterocycles. The largest absolute Gasteiger partial charge is 0.494 e. The molecule has 23 heavy (non-hydrogen) atoms. The van der Waals surface area contributed by atoms with Crippen molar-refractivity contribution < 1.29 is 9.84 Å². The normalized spacial score (nSPS) is 11.2. The Morgan fingerprint density at radius 3 is 2.48 bits per heavy atom. The lowest BCUT2D eigenvalue weighted by molar-refractivity contribution is 0.274. The molecule has 0 aliphatic rings. The quantitative estimate of drug-likeness (QED) is 0.720. The predicted octanol–water partition coefficient (Wildman–Crippen LogP) is 3.45. The van der Waals surface area contributed by atoms with Gasteiger partial charge in [-0.15, -0.1) is 5.10 Å². The van der Waals surface area contributed by atoms with Gasteiger partial charge in [0, 0.05) is 18.9 Å². The maximum Gasteiger partial charge on any atom is 0.119 e. The van der Waals surface area contributed by atoms with E-state index < -0.39 is 0 Å². The summed E-state index contributed by atoms with van der Waals surface area (Å²) in [4.78, 5) is 0. The van der Waals surface area contributed by atoms with Gasteiger partial charge in [0.2, 0.25) is 0 Å². The highest BCUT2D eigenvalue weighted by Crippen LogP contribution is 2.25. The van der Waals surface area contributed by atoms with E-state index in [0.29, 0.717) is 18.2 Å². The van der Waals surface area contributed by atoms with Crippen LogP contribution in [0.5, 0.6) is 5.75 Å². The topological polar surface area (TPSA) is 60.2 Å². The minimum atomic E-state index is -0.0499. The second-order valence-corrected chi connectivity index (χ2v) is 5.83. The van der Waals surface area contributed by atoms with Crippen LogP contribution in [0.3, 0.4) is 0 Å². The third-order valence-electron chi connectivity index (χ3n) is 4.17. The molecule has 0 fully saturated rings. The van der Waals surface area contributed by atoms with Gasteiger partial charge in [0.05, 0.1) is 18.9 Å². The van der Waals surface area contributed by atoms with Crippen LogP contribution >= 0.6 is 0 Å². The number of nitrogens with zero attached hydrogens (tertiary/aromatic N) is 3. The van der Waals surface area contributed by atoms with Crippen molar-refractivity contribution in [3.05, 3.63) is 41.2 Å². The van der Waals surface area contributed by atoms with Gasteiger partial charge in [0.15, 0.2) is 0 Å². The van der Waals surface area contributed by atoms with Crippen LogP contribution in [0.2, 0.25) is 0 Å². The van der Waals surface area contributed by atoms with Crippen LogP contribution in [0.1, 0.15) is 56.0 Å². The van der Waals surface area contributed by atoms with Gasteiger partial charge in [-0.05, 0) is 31.9 Å². The lowest BCUT2D eigenvalue weighted by Crippen LogP contribution is -2.12. The number of aromatic nitrogens is 3. The average Bonchev–Trinajstić information content (AvgIpc) is 2.97. The second-order valence-electron chi connectivity index (χ2n) is 5.83. The zero-order valence-electron chi connectivity index (χ0n) is 14.3. The first-order valence-electron chi connectivity index (χ1n) is 8.42. The molecule has 5 nitrogen and oxygen atoms in total. The highest BCUT2D eigenvalue weighted by molar-refractivity contribution is 5.26. The van der Waals surface area contributed by atoms with Gasteiger partial charge in [-0.25, -0.2) is 4.68 Å². The van der Waals surface area contributed by atoms with Crippen LogP contribution in [0.4, 0.5) is 0 Å². The van der Waals surface area contributed by atoms with Crippen molar-refractivity contribution in [2.75, 3.05) is 6.61 Å². The molecule has 0 radical (unpaired) electrons. The molecule has 0 saturated carbocycles. The van der Waals surface area contributed by atoms with Crippen LogP contribution in [-0.2, 0) is 13.2 Å². The maximum absolute atomic E-state index is 9.47. The van der Waals surface area contributed by atoms with Crippen molar-refractivity contribution in [2.45, 2.75) is 59.1 Å². The fraction of sp³-hybridized carbons (Fsp3) is 0.556. The van der Waals surface area contributed by atoms with E-state index in [4.69, 9.17) is 4.74 Å². The zero-order valence-corrected chi connectivity index (χ0v) is 14.3. The summed E-state index contributed by atoms with van der Waals surface area (Å²) in [6.45, 7) is 7.73. The predicted molar refractivity (Wildman–Crippen MR) is 90.6 cm³/mol. The molecule has 0 amide bonds. The molecule has 1 N–H and O–H groups in total. The fourth-order valence-electron chi connectivity index (χ4n) is 2.79. The lowest BCUT2D eigenvalue weighted by Gasteiger charge is -2.15. The van der Waals surface area contributed by atoms with E-state index in [1.54, 1.807) is 0 Å². The first-order chi connectivity index (χ1) is 11.2. The second kappa shape index (κ2) is 8.67. The van der Waals surface area contributed by atoms with Gasteiger partial charge in [-0.3, -0.25) is 0 Å². The van der Waals surface area contributed by atoms with Crippen LogP contribution in [0, 0.1) is 6.92 Å². The molecule has 5 heteroatoms. The van der Waals surface area contributed by atoms with E-state index in [1.165, 1.54) is 5.56 Å². The summed E-state index contributed by atoms with van der Waals surface area (Å²) in [6, 6.07) is 8.07. The summed E-state index contributed by atoms with van der Waals surface area (Å²) < 4.78 is 7.69. The van der Waals surface area contributed by atoms with Crippen molar-refractivity contribution in [3.8, 4) is 5.75 Å². The smallest absolute Gasteiger partial charge is 0.119 e. The van der Waals surface area contributed by atoms with Crippen molar-refractivity contribution in [1.29, 1.82) is 0 Å². The number of rotatable bonds is 9. The summed E-state index contributed by atoms with van der Waals surface area (Å²) in [7, 11) is 0. The lowest BCUT2D eigenvalue weighted by atomic mass is 9.97. The molecule has 0 atom stereocenters. The molecule has 2 rings (SSSR count). The Labute approximate surface area is 138 Å². The van der Waals surface area contributed by atoms with E-state index in [0.717, 1.165) is 37.3 Å². The van der Waals surface area contributed by atoms with Crippen molar-refractivity contribution in [3.63, 3.8) is 0 Å². The van der Waals surface area contributed by atoms with Crippen LogP contribution in [0.25, 0.3) is 0 Å². The Morgan fingerprint density at radius 2 is 1.87 bits per heavy atom. The zero-order chi connectivity index (χ0) is 16.7. The first-order valence-corrected chi connectivity index (χ1v) is 8.42. The van der Waals surface area contributed by atoms with E-state index in [9.17, 15) is 5.11 Å². The molecular weight excluding hydrogens is 290 g/mol. The molecule has 0 saturated heterocycles. The Balaban J connectivity index is 1.92. The molecule has 0 aliphatic carbocycles. The van der Waals surface area contributed by atoms with Gasteiger partial charge in [0.25, 0.3) is 0 Å². The first kappa shape index (κ1) is 17.5. The van der Waals surface area contributed by atoms with Crippen molar-refractivity contribution >= 4 is 0 Å². The third-order valence-corrected chi connectivity index (χ3v) is 4.17. The van der Waals surface area contributed by atoms with Gasteiger partial charge in [0.1, 0.15) is 11.4 Å². The van der Waals surface area contributed by atoms with Crippen molar-refractivity contribution in [1.82, 2.24) is 15.0 Å².